The van der Waals surface area contributed by atoms with Crippen LogP contribution in [0.25, 0.3) is 10.9 Å². The molecule has 0 bridgehead atoms. The Balaban J connectivity index is 2.08. The normalized spacial score (nSPS) is 15.7. The van der Waals surface area contributed by atoms with Gasteiger partial charge in [-0.25, -0.2) is 0 Å². The summed E-state index contributed by atoms with van der Waals surface area (Å²) >= 11 is 0. The van der Waals surface area contributed by atoms with Crippen LogP contribution in [0.1, 0.15) is 11.3 Å². The molecule has 2 aromatic rings. The van der Waals surface area contributed by atoms with Gasteiger partial charge >= 0.3 is 0 Å². The maximum atomic E-state index is 5.65. The molecule has 3 rings (SSSR count). The van der Waals surface area contributed by atoms with Crippen molar-refractivity contribution in [3.8, 4) is 5.75 Å². The number of benzene rings is 1. The van der Waals surface area contributed by atoms with E-state index in [1.165, 1.54) is 22.2 Å². The number of hydrogen-bond donors (Lipinski definition) is 1. The van der Waals surface area contributed by atoms with E-state index in [0.717, 1.165) is 38.5 Å². The predicted molar refractivity (Wildman–Crippen MR) is 77.6 cm³/mol. The predicted octanol–water partition coefficient (Wildman–Crippen LogP) is 1.73. The first-order valence-corrected chi connectivity index (χ1v) is 6.82. The minimum Gasteiger partial charge on any atom is -0.495 e. The van der Waals surface area contributed by atoms with Gasteiger partial charge in [0.25, 0.3) is 0 Å². The molecular formula is C15H21N3O. The average molecular weight is 259 g/mol. The van der Waals surface area contributed by atoms with E-state index in [0.29, 0.717) is 0 Å². The van der Waals surface area contributed by atoms with Crippen LogP contribution in [0, 0.1) is 6.92 Å². The first kappa shape index (κ1) is 12.5. The molecular weight excluding hydrogens is 238 g/mol. The summed E-state index contributed by atoms with van der Waals surface area (Å²) in [6.45, 7) is 6.86. The molecule has 1 aliphatic heterocycles. The largest absolute Gasteiger partial charge is 0.495 e. The summed E-state index contributed by atoms with van der Waals surface area (Å²) in [4.78, 5) is 2.41. The van der Waals surface area contributed by atoms with Crippen LogP contribution < -0.4 is 10.5 Å². The molecule has 2 N–H and O–H groups in total. The Hall–Kier alpha value is -1.52. The molecule has 4 heteroatoms. The van der Waals surface area contributed by atoms with E-state index in [2.05, 4.69) is 34.6 Å². The summed E-state index contributed by atoms with van der Waals surface area (Å²) in [6.07, 6.45) is 0. The summed E-state index contributed by atoms with van der Waals surface area (Å²) in [5, 5.41) is 1.28. The number of fused-ring (bicyclic) bond motifs is 3. The highest BCUT2D eigenvalue weighted by molar-refractivity contribution is 5.88. The van der Waals surface area contributed by atoms with Crippen LogP contribution in [0.2, 0.25) is 0 Å². The monoisotopic (exact) mass is 259 g/mol. The van der Waals surface area contributed by atoms with Gasteiger partial charge in [-0.3, -0.25) is 4.90 Å². The van der Waals surface area contributed by atoms with Gasteiger partial charge in [0.2, 0.25) is 0 Å². The van der Waals surface area contributed by atoms with Gasteiger partial charge < -0.3 is 15.0 Å². The lowest BCUT2D eigenvalue weighted by atomic mass is 10.1. The molecule has 0 spiro atoms. The minimum atomic E-state index is 0.725. The lowest BCUT2D eigenvalue weighted by Crippen LogP contribution is -2.36. The molecule has 102 valence electrons. The Labute approximate surface area is 113 Å². The number of ether oxygens (including phenoxy) is 1. The SMILES string of the molecule is COc1cc(C)cc2cc3n(c12)CCN(CCN)C3. The van der Waals surface area contributed by atoms with Crippen molar-refractivity contribution in [1.29, 1.82) is 0 Å². The van der Waals surface area contributed by atoms with Gasteiger partial charge in [0.1, 0.15) is 5.75 Å². The quantitative estimate of drug-likeness (QED) is 0.913. The zero-order valence-electron chi connectivity index (χ0n) is 11.6. The van der Waals surface area contributed by atoms with E-state index >= 15 is 0 Å². The number of nitrogens with zero attached hydrogens (tertiary/aromatic N) is 2. The standard InChI is InChI=1S/C15H21N3O/c1-11-7-12-9-13-10-17(4-3-16)5-6-18(13)15(12)14(8-11)19-2/h7-9H,3-6,10,16H2,1-2H3. The molecule has 0 fully saturated rings. The van der Waals surface area contributed by atoms with Crippen LogP contribution >= 0.6 is 0 Å². The molecule has 0 atom stereocenters. The van der Waals surface area contributed by atoms with Gasteiger partial charge in [-0.05, 0) is 30.7 Å². The van der Waals surface area contributed by atoms with Crippen molar-refractivity contribution in [1.82, 2.24) is 9.47 Å². The van der Waals surface area contributed by atoms with Crippen molar-refractivity contribution in [2.24, 2.45) is 5.73 Å². The third kappa shape index (κ3) is 2.11. The minimum absolute atomic E-state index is 0.725. The Morgan fingerprint density at radius 2 is 2.11 bits per heavy atom. The highest BCUT2D eigenvalue weighted by atomic mass is 16.5. The zero-order valence-corrected chi connectivity index (χ0v) is 11.6. The van der Waals surface area contributed by atoms with Crippen LogP contribution in [0.5, 0.6) is 5.75 Å². The molecule has 1 aromatic carbocycles. The van der Waals surface area contributed by atoms with Crippen molar-refractivity contribution < 1.29 is 4.74 Å². The molecule has 0 saturated heterocycles. The van der Waals surface area contributed by atoms with Crippen molar-refractivity contribution in [2.75, 3.05) is 26.7 Å². The Morgan fingerprint density at radius 3 is 2.84 bits per heavy atom. The Morgan fingerprint density at radius 1 is 1.26 bits per heavy atom. The van der Waals surface area contributed by atoms with E-state index in [4.69, 9.17) is 10.5 Å². The van der Waals surface area contributed by atoms with Crippen LogP contribution in [-0.2, 0) is 13.1 Å². The van der Waals surface area contributed by atoms with Gasteiger partial charge in [-0.1, -0.05) is 0 Å². The summed E-state index contributed by atoms with van der Waals surface area (Å²) in [7, 11) is 1.75. The molecule has 1 aliphatic rings. The van der Waals surface area contributed by atoms with Crippen LogP contribution in [0.4, 0.5) is 0 Å². The van der Waals surface area contributed by atoms with E-state index in [1.54, 1.807) is 7.11 Å². The molecule has 0 amide bonds. The lowest BCUT2D eigenvalue weighted by molar-refractivity contribution is 0.229. The van der Waals surface area contributed by atoms with Crippen molar-refractivity contribution in [3.63, 3.8) is 0 Å². The molecule has 0 aliphatic carbocycles. The van der Waals surface area contributed by atoms with E-state index < -0.39 is 0 Å². The van der Waals surface area contributed by atoms with Gasteiger partial charge in [0.05, 0.1) is 12.6 Å². The number of rotatable bonds is 3. The second-order valence-corrected chi connectivity index (χ2v) is 5.26. The fourth-order valence-corrected chi connectivity index (χ4v) is 3.04. The second kappa shape index (κ2) is 4.87. The van der Waals surface area contributed by atoms with E-state index in [9.17, 15) is 0 Å². The summed E-state index contributed by atoms with van der Waals surface area (Å²) < 4.78 is 7.94. The summed E-state index contributed by atoms with van der Waals surface area (Å²) in [5.74, 6) is 0.980. The number of nitrogens with two attached hydrogens (primary N) is 1. The highest BCUT2D eigenvalue weighted by Gasteiger charge is 2.20. The van der Waals surface area contributed by atoms with Gasteiger partial charge in [0, 0.05) is 43.8 Å². The molecule has 4 nitrogen and oxygen atoms in total. The number of aromatic nitrogens is 1. The van der Waals surface area contributed by atoms with Crippen molar-refractivity contribution >= 4 is 10.9 Å². The van der Waals surface area contributed by atoms with E-state index in [1.807, 2.05) is 0 Å². The van der Waals surface area contributed by atoms with Crippen LogP contribution in [0.3, 0.4) is 0 Å². The maximum Gasteiger partial charge on any atom is 0.143 e. The van der Waals surface area contributed by atoms with Crippen LogP contribution in [-0.4, -0.2) is 36.2 Å². The smallest absolute Gasteiger partial charge is 0.143 e. The highest BCUT2D eigenvalue weighted by Crippen LogP contribution is 2.32. The Kier molecular flexibility index (Phi) is 3.21. The first-order valence-electron chi connectivity index (χ1n) is 6.82. The lowest BCUT2D eigenvalue weighted by Gasteiger charge is -2.28. The third-order valence-electron chi connectivity index (χ3n) is 3.88. The van der Waals surface area contributed by atoms with E-state index in [-0.39, 0.29) is 0 Å². The number of methoxy groups -OCH3 is 1. The third-order valence-corrected chi connectivity index (χ3v) is 3.88. The molecule has 2 heterocycles. The van der Waals surface area contributed by atoms with Crippen molar-refractivity contribution in [2.45, 2.75) is 20.0 Å². The van der Waals surface area contributed by atoms with Crippen molar-refractivity contribution in [3.05, 3.63) is 29.5 Å². The first-order chi connectivity index (χ1) is 9.22. The van der Waals surface area contributed by atoms with Gasteiger partial charge in [-0.2, -0.15) is 0 Å². The zero-order chi connectivity index (χ0) is 13.4. The summed E-state index contributed by atoms with van der Waals surface area (Å²) in [6, 6.07) is 6.63. The topological polar surface area (TPSA) is 43.4 Å². The number of hydrogen-bond acceptors (Lipinski definition) is 3. The van der Waals surface area contributed by atoms with Gasteiger partial charge in [0.15, 0.2) is 0 Å². The fraction of sp³-hybridized carbons (Fsp3) is 0.467. The second-order valence-electron chi connectivity index (χ2n) is 5.26. The van der Waals surface area contributed by atoms with Gasteiger partial charge in [-0.15, -0.1) is 0 Å². The summed E-state index contributed by atoms with van der Waals surface area (Å²) in [5.41, 5.74) is 9.49. The molecule has 1 aromatic heterocycles. The Bertz CT molecular complexity index is 603. The molecule has 19 heavy (non-hydrogen) atoms. The molecule has 0 radical (unpaired) electrons. The maximum absolute atomic E-state index is 5.65. The van der Waals surface area contributed by atoms with Crippen LogP contribution in [0.15, 0.2) is 18.2 Å². The average Bonchev–Trinajstić information content (AvgIpc) is 2.75. The number of aryl methyl sites for hydroxylation is 1. The fourth-order valence-electron chi connectivity index (χ4n) is 3.04. The molecule has 0 saturated carbocycles. The molecule has 0 unspecified atom stereocenters.